The maximum absolute atomic E-state index is 10.0. The predicted molar refractivity (Wildman–Crippen MR) is 84.4 cm³/mol. The van der Waals surface area contributed by atoms with Crippen molar-refractivity contribution in [3.63, 3.8) is 0 Å². The zero-order chi connectivity index (χ0) is 14.1. The van der Waals surface area contributed by atoms with E-state index >= 15 is 0 Å². The number of hydrogen-bond donors (Lipinski definition) is 1. The topological polar surface area (TPSA) is 20.2 Å². The first-order chi connectivity index (χ1) is 9.08. The molecule has 0 heterocycles. The summed E-state index contributed by atoms with van der Waals surface area (Å²) < 4.78 is 0. The van der Waals surface area contributed by atoms with Crippen LogP contribution in [0.2, 0.25) is 0 Å². The Hall–Kier alpha value is -0.0400. The van der Waals surface area contributed by atoms with Crippen LogP contribution in [-0.4, -0.2) is 11.2 Å². The number of aliphatic hydroxyl groups is 1. The molecule has 1 N–H and O–H groups in total. The molecule has 1 fully saturated rings. The van der Waals surface area contributed by atoms with Gasteiger partial charge in [-0.3, -0.25) is 0 Å². The Kier molecular flexibility index (Phi) is 8.06. The van der Waals surface area contributed by atoms with Crippen molar-refractivity contribution in [1.29, 1.82) is 0 Å². The molecule has 1 heteroatoms. The van der Waals surface area contributed by atoms with Gasteiger partial charge in [-0.15, -0.1) is 0 Å². The lowest BCUT2D eigenvalue weighted by molar-refractivity contribution is 0.124. The minimum Gasteiger partial charge on any atom is -0.393 e. The maximum atomic E-state index is 10.0. The van der Waals surface area contributed by atoms with Gasteiger partial charge in [0.25, 0.3) is 0 Å². The van der Waals surface area contributed by atoms with Gasteiger partial charge in [-0.05, 0) is 24.2 Å². The van der Waals surface area contributed by atoms with Crippen molar-refractivity contribution < 1.29 is 5.11 Å². The molecule has 0 aliphatic heterocycles. The number of hydrogen-bond acceptors (Lipinski definition) is 1. The highest BCUT2D eigenvalue weighted by Crippen LogP contribution is 2.54. The van der Waals surface area contributed by atoms with Crippen molar-refractivity contribution in [3.05, 3.63) is 0 Å². The average molecular weight is 268 g/mol. The van der Waals surface area contributed by atoms with Gasteiger partial charge < -0.3 is 5.11 Å². The number of unbranched alkanes of at least 4 members (excludes halogenated alkanes) is 9. The lowest BCUT2D eigenvalue weighted by Gasteiger charge is -2.12. The molecule has 1 aliphatic carbocycles. The van der Waals surface area contributed by atoms with Crippen molar-refractivity contribution in [2.75, 3.05) is 0 Å². The van der Waals surface area contributed by atoms with Gasteiger partial charge in [0.2, 0.25) is 0 Å². The Morgan fingerprint density at radius 3 is 1.74 bits per heavy atom. The molecule has 1 aliphatic rings. The highest BCUT2D eigenvalue weighted by Gasteiger charge is 2.49. The van der Waals surface area contributed by atoms with E-state index < -0.39 is 0 Å². The summed E-state index contributed by atoms with van der Waals surface area (Å²) >= 11 is 0. The number of aliphatic hydroxyl groups excluding tert-OH is 1. The van der Waals surface area contributed by atoms with E-state index in [4.69, 9.17) is 0 Å². The molecule has 0 amide bonds. The molecule has 0 saturated heterocycles. The first-order valence-electron chi connectivity index (χ1n) is 8.76. The second kappa shape index (κ2) is 9.00. The average Bonchev–Trinajstić information content (AvgIpc) is 3.01. The summed E-state index contributed by atoms with van der Waals surface area (Å²) in [5.74, 6) is 0.589. The lowest BCUT2D eigenvalue weighted by Crippen LogP contribution is -2.12. The SMILES string of the molecule is CCCCCCCCCCCCC(O)C1CC1(C)C. The molecule has 0 aromatic rings. The Morgan fingerprint density at radius 1 is 0.895 bits per heavy atom. The van der Waals surface area contributed by atoms with Gasteiger partial charge in [-0.1, -0.05) is 85.0 Å². The van der Waals surface area contributed by atoms with Gasteiger partial charge in [0, 0.05) is 0 Å². The molecule has 114 valence electrons. The molecule has 1 saturated carbocycles. The van der Waals surface area contributed by atoms with E-state index in [1.807, 2.05) is 0 Å². The van der Waals surface area contributed by atoms with Crippen molar-refractivity contribution in [2.24, 2.45) is 11.3 Å². The Labute approximate surface area is 121 Å². The molecule has 1 rings (SSSR count). The van der Waals surface area contributed by atoms with Gasteiger partial charge in [-0.2, -0.15) is 0 Å². The predicted octanol–water partition coefficient (Wildman–Crippen LogP) is 5.70. The quantitative estimate of drug-likeness (QED) is 0.450. The van der Waals surface area contributed by atoms with Crippen LogP contribution < -0.4 is 0 Å². The monoisotopic (exact) mass is 268 g/mol. The highest BCUT2D eigenvalue weighted by molar-refractivity contribution is 4.98. The third-order valence-electron chi connectivity index (χ3n) is 4.91. The molecule has 0 aromatic heterocycles. The second-order valence-electron chi connectivity index (χ2n) is 7.34. The molecular formula is C18H36O. The molecular weight excluding hydrogens is 232 g/mol. The summed E-state index contributed by atoms with van der Waals surface area (Å²) in [5.41, 5.74) is 0.428. The standard InChI is InChI=1S/C18H36O/c1-4-5-6-7-8-9-10-11-12-13-14-17(19)16-15-18(16,2)3/h16-17,19H,4-15H2,1-3H3. The maximum Gasteiger partial charge on any atom is 0.0573 e. The van der Waals surface area contributed by atoms with Crippen LogP contribution in [0.25, 0.3) is 0 Å². The van der Waals surface area contributed by atoms with Crippen LogP contribution in [-0.2, 0) is 0 Å². The van der Waals surface area contributed by atoms with Gasteiger partial charge in [-0.25, -0.2) is 0 Å². The summed E-state index contributed by atoms with van der Waals surface area (Å²) in [7, 11) is 0. The fourth-order valence-corrected chi connectivity index (χ4v) is 3.21. The Bertz CT molecular complexity index is 222. The third-order valence-corrected chi connectivity index (χ3v) is 4.91. The molecule has 0 radical (unpaired) electrons. The lowest BCUT2D eigenvalue weighted by atomic mass is 10.00. The molecule has 0 aromatic carbocycles. The van der Waals surface area contributed by atoms with Crippen LogP contribution in [0.1, 0.15) is 97.8 Å². The van der Waals surface area contributed by atoms with E-state index in [1.165, 1.54) is 70.6 Å². The van der Waals surface area contributed by atoms with Crippen LogP contribution in [0, 0.1) is 11.3 Å². The first kappa shape index (κ1) is 17.0. The molecule has 0 spiro atoms. The van der Waals surface area contributed by atoms with Crippen molar-refractivity contribution in [2.45, 2.75) is 104 Å². The van der Waals surface area contributed by atoms with Gasteiger partial charge >= 0.3 is 0 Å². The van der Waals surface area contributed by atoms with Gasteiger partial charge in [0.1, 0.15) is 0 Å². The minimum absolute atomic E-state index is 0.0240. The third kappa shape index (κ3) is 7.34. The summed E-state index contributed by atoms with van der Waals surface area (Å²) in [5, 5.41) is 10.0. The van der Waals surface area contributed by atoms with Crippen LogP contribution in [0.15, 0.2) is 0 Å². The van der Waals surface area contributed by atoms with Gasteiger partial charge in [0.05, 0.1) is 6.10 Å². The normalized spacial score (nSPS) is 22.4. The first-order valence-corrected chi connectivity index (χ1v) is 8.76. The Morgan fingerprint density at radius 2 is 1.32 bits per heavy atom. The summed E-state index contributed by atoms with van der Waals surface area (Å²) in [6, 6.07) is 0. The largest absolute Gasteiger partial charge is 0.393 e. The van der Waals surface area contributed by atoms with Crippen LogP contribution >= 0.6 is 0 Å². The molecule has 2 atom stereocenters. The molecule has 0 bridgehead atoms. The van der Waals surface area contributed by atoms with E-state index in [0.717, 1.165) is 6.42 Å². The molecule has 19 heavy (non-hydrogen) atoms. The van der Waals surface area contributed by atoms with E-state index in [2.05, 4.69) is 20.8 Å². The van der Waals surface area contributed by atoms with Crippen molar-refractivity contribution in [1.82, 2.24) is 0 Å². The molecule has 1 nitrogen and oxygen atoms in total. The smallest absolute Gasteiger partial charge is 0.0573 e. The van der Waals surface area contributed by atoms with Crippen molar-refractivity contribution in [3.8, 4) is 0 Å². The van der Waals surface area contributed by atoms with E-state index in [1.54, 1.807) is 0 Å². The van der Waals surface area contributed by atoms with Crippen LogP contribution in [0.3, 0.4) is 0 Å². The van der Waals surface area contributed by atoms with Crippen molar-refractivity contribution >= 4 is 0 Å². The van der Waals surface area contributed by atoms with Gasteiger partial charge in [0.15, 0.2) is 0 Å². The summed E-state index contributed by atoms with van der Waals surface area (Å²) in [4.78, 5) is 0. The molecule has 2 unspecified atom stereocenters. The van der Waals surface area contributed by atoms with Crippen LogP contribution in [0.4, 0.5) is 0 Å². The highest BCUT2D eigenvalue weighted by atomic mass is 16.3. The van der Waals surface area contributed by atoms with E-state index in [0.29, 0.717) is 11.3 Å². The fraction of sp³-hybridized carbons (Fsp3) is 1.00. The fourth-order valence-electron chi connectivity index (χ4n) is 3.21. The zero-order valence-electron chi connectivity index (χ0n) is 13.6. The second-order valence-corrected chi connectivity index (χ2v) is 7.34. The Balaban J connectivity index is 1.79. The summed E-state index contributed by atoms with van der Waals surface area (Å²) in [6.07, 6.45) is 16.0. The zero-order valence-corrected chi connectivity index (χ0v) is 13.6. The van der Waals surface area contributed by atoms with E-state index in [-0.39, 0.29) is 6.10 Å². The van der Waals surface area contributed by atoms with Crippen LogP contribution in [0.5, 0.6) is 0 Å². The summed E-state index contributed by atoms with van der Waals surface area (Å²) in [6.45, 7) is 6.83. The minimum atomic E-state index is -0.0240. The van der Waals surface area contributed by atoms with E-state index in [9.17, 15) is 5.11 Å². The number of rotatable bonds is 12.